The van der Waals surface area contributed by atoms with Crippen molar-refractivity contribution in [2.24, 2.45) is 5.14 Å². The van der Waals surface area contributed by atoms with Crippen LogP contribution in [0.4, 0.5) is 11.4 Å². The highest BCUT2D eigenvalue weighted by atomic mass is 32.2. The predicted molar refractivity (Wildman–Crippen MR) is 75.4 cm³/mol. The molecule has 5 N–H and O–H groups in total. The molecule has 0 bridgehead atoms. The second kappa shape index (κ2) is 5.51. The van der Waals surface area contributed by atoms with E-state index in [-0.39, 0.29) is 10.6 Å². The molecular formula is C12H16N4O3S. The van der Waals surface area contributed by atoms with Crippen molar-refractivity contribution in [3.63, 3.8) is 0 Å². The van der Waals surface area contributed by atoms with Crippen molar-refractivity contribution in [3.8, 4) is 0 Å². The SMILES string of the molecule is CCc1cnc(CNc2ccc(S(N)(=O)=O)c(N)c2)o1. The van der Waals surface area contributed by atoms with E-state index in [1.807, 2.05) is 6.92 Å². The molecule has 1 aromatic heterocycles. The van der Waals surface area contributed by atoms with Crippen LogP contribution in [0.1, 0.15) is 18.6 Å². The van der Waals surface area contributed by atoms with Gasteiger partial charge in [-0.1, -0.05) is 6.92 Å². The number of hydrogen-bond donors (Lipinski definition) is 3. The Morgan fingerprint density at radius 1 is 1.40 bits per heavy atom. The Morgan fingerprint density at radius 3 is 2.70 bits per heavy atom. The van der Waals surface area contributed by atoms with Crippen LogP contribution >= 0.6 is 0 Å². The van der Waals surface area contributed by atoms with Crippen molar-refractivity contribution in [3.05, 3.63) is 36.0 Å². The Balaban J connectivity index is 2.09. The highest BCUT2D eigenvalue weighted by Gasteiger charge is 2.12. The van der Waals surface area contributed by atoms with E-state index >= 15 is 0 Å². The van der Waals surface area contributed by atoms with Crippen molar-refractivity contribution >= 4 is 21.4 Å². The standard InChI is InChI=1S/C12H16N4O3S/c1-2-9-6-16-12(19-9)7-15-8-3-4-11(10(13)5-8)20(14,17)18/h3-6,15H,2,7,13H2,1H3,(H2,14,17,18). The Kier molecular flexibility index (Phi) is 3.96. The molecule has 0 atom stereocenters. The molecule has 0 fully saturated rings. The van der Waals surface area contributed by atoms with Gasteiger partial charge in [0.25, 0.3) is 0 Å². The van der Waals surface area contributed by atoms with Crippen molar-refractivity contribution in [1.29, 1.82) is 0 Å². The second-order valence-electron chi connectivity index (χ2n) is 4.23. The van der Waals surface area contributed by atoms with Gasteiger partial charge in [-0.15, -0.1) is 0 Å². The molecule has 0 aliphatic carbocycles. The first-order valence-electron chi connectivity index (χ1n) is 6.00. The summed E-state index contributed by atoms with van der Waals surface area (Å²) in [4.78, 5) is 4.01. The van der Waals surface area contributed by atoms with Gasteiger partial charge in [0.05, 0.1) is 18.4 Å². The van der Waals surface area contributed by atoms with E-state index in [0.29, 0.717) is 18.1 Å². The third kappa shape index (κ3) is 3.28. The molecule has 0 saturated carbocycles. The third-order valence-electron chi connectivity index (χ3n) is 2.71. The maximum atomic E-state index is 11.2. The summed E-state index contributed by atoms with van der Waals surface area (Å²) in [6, 6.07) is 4.45. The lowest BCUT2D eigenvalue weighted by molar-refractivity contribution is 0.466. The van der Waals surface area contributed by atoms with Gasteiger partial charge < -0.3 is 15.5 Å². The minimum atomic E-state index is -3.80. The molecular weight excluding hydrogens is 280 g/mol. The number of primary sulfonamides is 1. The van der Waals surface area contributed by atoms with Crippen LogP contribution < -0.4 is 16.2 Å². The normalized spacial score (nSPS) is 11.5. The first-order chi connectivity index (χ1) is 9.40. The summed E-state index contributed by atoms with van der Waals surface area (Å²) in [6.45, 7) is 2.36. The molecule has 0 saturated heterocycles. The van der Waals surface area contributed by atoms with E-state index in [1.165, 1.54) is 12.1 Å². The number of nitrogens with zero attached hydrogens (tertiary/aromatic N) is 1. The molecule has 20 heavy (non-hydrogen) atoms. The molecule has 0 aliphatic heterocycles. The summed E-state index contributed by atoms with van der Waals surface area (Å²) in [6.07, 6.45) is 2.46. The summed E-state index contributed by atoms with van der Waals surface area (Å²) >= 11 is 0. The van der Waals surface area contributed by atoms with Crippen LogP contribution in [0.2, 0.25) is 0 Å². The van der Waals surface area contributed by atoms with Gasteiger partial charge >= 0.3 is 0 Å². The lowest BCUT2D eigenvalue weighted by Crippen LogP contribution is -2.14. The zero-order valence-corrected chi connectivity index (χ0v) is 11.8. The zero-order valence-electron chi connectivity index (χ0n) is 11.0. The first-order valence-corrected chi connectivity index (χ1v) is 7.54. The molecule has 108 valence electrons. The topological polar surface area (TPSA) is 124 Å². The van der Waals surface area contributed by atoms with E-state index in [2.05, 4.69) is 10.3 Å². The Morgan fingerprint density at radius 2 is 2.15 bits per heavy atom. The van der Waals surface area contributed by atoms with Gasteiger partial charge in [0.15, 0.2) is 0 Å². The molecule has 2 aromatic rings. The van der Waals surface area contributed by atoms with E-state index in [0.717, 1.165) is 12.2 Å². The van der Waals surface area contributed by atoms with E-state index in [1.54, 1.807) is 12.3 Å². The van der Waals surface area contributed by atoms with Gasteiger partial charge in [0.1, 0.15) is 10.7 Å². The number of nitrogens with one attached hydrogen (secondary N) is 1. The van der Waals surface area contributed by atoms with Crippen molar-refractivity contribution in [1.82, 2.24) is 4.98 Å². The molecule has 0 aliphatic rings. The maximum Gasteiger partial charge on any atom is 0.240 e. The minimum Gasteiger partial charge on any atom is -0.444 e. The number of rotatable bonds is 5. The van der Waals surface area contributed by atoms with Crippen molar-refractivity contribution < 1.29 is 12.8 Å². The van der Waals surface area contributed by atoms with Gasteiger partial charge in [-0.05, 0) is 18.2 Å². The summed E-state index contributed by atoms with van der Waals surface area (Å²) in [5.74, 6) is 1.36. The monoisotopic (exact) mass is 296 g/mol. The number of benzene rings is 1. The summed E-state index contributed by atoms with van der Waals surface area (Å²) in [7, 11) is -3.80. The quantitative estimate of drug-likeness (QED) is 0.709. The van der Waals surface area contributed by atoms with Crippen LogP contribution in [0.3, 0.4) is 0 Å². The fourth-order valence-corrected chi connectivity index (χ4v) is 2.33. The number of oxazole rings is 1. The van der Waals surface area contributed by atoms with Crippen LogP contribution in [0.25, 0.3) is 0 Å². The van der Waals surface area contributed by atoms with Gasteiger partial charge in [0, 0.05) is 12.1 Å². The number of aryl methyl sites for hydroxylation is 1. The highest BCUT2D eigenvalue weighted by molar-refractivity contribution is 7.89. The number of anilines is 2. The van der Waals surface area contributed by atoms with E-state index < -0.39 is 10.0 Å². The Bertz CT molecular complexity index is 709. The molecule has 0 radical (unpaired) electrons. The highest BCUT2D eigenvalue weighted by Crippen LogP contribution is 2.21. The summed E-state index contributed by atoms with van der Waals surface area (Å²) in [5.41, 5.74) is 6.42. The van der Waals surface area contributed by atoms with Gasteiger partial charge in [-0.2, -0.15) is 0 Å². The fourth-order valence-electron chi connectivity index (χ4n) is 1.69. The molecule has 1 heterocycles. The number of nitrogen functional groups attached to an aromatic ring is 1. The average molecular weight is 296 g/mol. The van der Waals surface area contributed by atoms with Crippen molar-refractivity contribution in [2.45, 2.75) is 24.8 Å². The van der Waals surface area contributed by atoms with Crippen LogP contribution in [-0.4, -0.2) is 13.4 Å². The van der Waals surface area contributed by atoms with Crippen LogP contribution in [-0.2, 0) is 23.0 Å². The number of nitrogens with two attached hydrogens (primary N) is 2. The lowest BCUT2D eigenvalue weighted by atomic mass is 10.3. The van der Waals surface area contributed by atoms with Gasteiger partial charge in [0.2, 0.25) is 15.9 Å². The molecule has 7 nitrogen and oxygen atoms in total. The third-order valence-corrected chi connectivity index (χ3v) is 3.69. The van der Waals surface area contributed by atoms with Gasteiger partial charge in [-0.25, -0.2) is 18.5 Å². The number of hydrogen-bond acceptors (Lipinski definition) is 6. The zero-order chi connectivity index (χ0) is 14.8. The van der Waals surface area contributed by atoms with Crippen LogP contribution in [0.5, 0.6) is 0 Å². The van der Waals surface area contributed by atoms with Gasteiger partial charge in [-0.3, -0.25) is 0 Å². The Hall–Kier alpha value is -2.06. The molecule has 1 aromatic carbocycles. The molecule has 2 rings (SSSR count). The second-order valence-corrected chi connectivity index (χ2v) is 5.75. The first kappa shape index (κ1) is 14.4. The number of sulfonamides is 1. The van der Waals surface area contributed by atoms with E-state index in [4.69, 9.17) is 15.3 Å². The van der Waals surface area contributed by atoms with Crippen LogP contribution in [0.15, 0.2) is 33.7 Å². The Labute approximate surface area is 117 Å². The minimum absolute atomic E-state index is 0.0903. The summed E-state index contributed by atoms with van der Waals surface area (Å²) < 4.78 is 27.9. The van der Waals surface area contributed by atoms with Crippen LogP contribution in [0, 0.1) is 0 Å². The van der Waals surface area contributed by atoms with Crippen molar-refractivity contribution in [2.75, 3.05) is 11.1 Å². The average Bonchev–Trinajstić information content (AvgIpc) is 2.83. The summed E-state index contributed by atoms with van der Waals surface area (Å²) in [5, 5.41) is 8.08. The molecule has 0 spiro atoms. The maximum absolute atomic E-state index is 11.2. The largest absolute Gasteiger partial charge is 0.444 e. The smallest absolute Gasteiger partial charge is 0.240 e. The predicted octanol–water partition coefficient (Wildman–Crippen LogP) is 1.08. The number of aromatic nitrogens is 1. The van der Waals surface area contributed by atoms with E-state index in [9.17, 15) is 8.42 Å². The molecule has 0 unspecified atom stereocenters. The fraction of sp³-hybridized carbons (Fsp3) is 0.250. The molecule has 0 amide bonds. The molecule has 8 heteroatoms. The lowest BCUT2D eigenvalue weighted by Gasteiger charge is -2.08.